The maximum absolute atomic E-state index is 6.12. The smallest absolute Gasteiger partial charge is 0.142 e. The average Bonchev–Trinajstić information content (AvgIpc) is 2.71. The van der Waals surface area contributed by atoms with Gasteiger partial charge < -0.3 is 14.8 Å². The van der Waals surface area contributed by atoms with Gasteiger partial charge in [-0.05, 0) is 48.7 Å². The van der Waals surface area contributed by atoms with E-state index in [1.165, 1.54) is 5.56 Å². The summed E-state index contributed by atoms with van der Waals surface area (Å²) in [7, 11) is 0. The molecule has 0 saturated heterocycles. The molecule has 0 unspecified atom stereocenters. The summed E-state index contributed by atoms with van der Waals surface area (Å²) in [5, 5.41) is 4.45. The van der Waals surface area contributed by atoms with Crippen LogP contribution in [0.4, 0.5) is 5.69 Å². The van der Waals surface area contributed by atoms with Crippen molar-refractivity contribution >= 4 is 28.9 Å². The normalized spacial score (nSPS) is 10.5. The summed E-state index contributed by atoms with van der Waals surface area (Å²) in [5.74, 6) is 1.47. The average molecular weight is 416 g/mol. The molecule has 0 spiro atoms. The minimum Gasteiger partial charge on any atom is -0.491 e. The third kappa shape index (κ3) is 6.36. The van der Waals surface area contributed by atoms with Crippen molar-refractivity contribution in [2.24, 2.45) is 0 Å². The van der Waals surface area contributed by atoms with Crippen LogP contribution in [0.2, 0.25) is 10.0 Å². The lowest BCUT2D eigenvalue weighted by atomic mass is 10.1. The minimum absolute atomic E-state index is 0.476. The van der Waals surface area contributed by atoms with Crippen LogP contribution in [0.1, 0.15) is 12.0 Å². The molecule has 0 heterocycles. The van der Waals surface area contributed by atoms with Gasteiger partial charge in [0.15, 0.2) is 0 Å². The molecular weight excluding hydrogens is 393 g/mol. The number of benzene rings is 3. The molecular formula is C23H23Cl2NO2. The monoisotopic (exact) mass is 415 g/mol. The standard InChI is InChI=1S/C23H23Cl2NO2/c24-19-12-13-22(20(25)17-19)28-16-14-26-21-10-4-5-11-23(21)27-15-6-9-18-7-2-1-3-8-18/h1-5,7-8,10-13,17,26H,6,9,14-16H2. The summed E-state index contributed by atoms with van der Waals surface area (Å²) in [4.78, 5) is 0. The van der Waals surface area contributed by atoms with E-state index in [1.807, 2.05) is 30.3 Å². The van der Waals surface area contributed by atoms with E-state index in [-0.39, 0.29) is 0 Å². The zero-order valence-corrected chi connectivity index (χ0v) is 17.0. The van der Waals surface area contributed by atoms with Gasteiger partial charge in [-0.3, -0.25) is 0 Å². The molecule has 0 fully saturated rings. The lowest BCUT2D eigenvalue weighted by molar-refractivity contribution is 0.311. The number of halogens is 2. The van der Waals surface area contributed by atoms with E-state index in [4.69, 9.17) is 32.7 Å². The molecule has 0 aliphatic rings. The van der Waals surface area contributed by atoms with Gasteiger partial charge in [0.2, 0.25) is 0 Å². The molecule has 0 aliphatic heterocycles. The molecule has 3 aromatic rings. The Kier molecular flexibility index (Phi) is 7.89. The Labute approximate surface area is 176 Å². The number of rotatable bonds is 10. The molecule has 0 aromatic heterocycles. The van der Waals surface area contributed by atoms with Gasteiger partial charge in [-0.1, -0.05) is 65.7 Å². The fourth-order valence-electron chi connectivity index (χ4n) is 2.78. The number of anilines is 1. The number of aryl methyl sites for hydroxylation is 1. The lowest BCUT2D eigenvalue weighted by Crippen LogP contribution is -2.12. The molecule has 0 radical (unpaired) electrons. The second-order valence-electron chi connectivity index (χ2n) is 6.28. The SMILES string of the molecule is Clc1ccc(OCCNc2ccccc2OCCCc2ccccc2)c(Cl)c1. The Morgan fingerprint density at radius 3 is 2.32 bits per heavy atom. The summed E-state index contributed by atoms with van der Waals surface area (Å²) >= 11 is 12.0. The van der Waals surface area contributed by atoms with Gasteiger partial charge >= 0.3 is 0 Å². The van der Waals surface area contributed by atoms with E-state index in [2.05, 4.69) is 29.6 Å². The summed E-state index contributed by atoms with van der Waals surface area (Å²) in [6.07, 6.45) is 1.97. The predicted octanol–water partition coefficient (Wildman–Crippen LogP) is 6.50. The van der Waals surface area contributed by atoms with Gasteiger partial charge in [0.05, 0.1) is 17.3 Å². The Morgan fingerprint density at radius 2 is 1.50 bits per heavy atom. The van der Waals surface area contributed by atoms with Crippen molar-refractivity contribution in [3.63, 3.8) is 0 Å². The number of nitrogens with one attached hydrogen (secondary N) is 1. The van der Waals surface area contributed by atoms with Crippen molar-refractivity contribution < 1.29 is 9.47 Å². The molecule has 28 heavy (non-hydrogen) atoms. The van der Waals surface area contributed by atoms with Crippen molar-refractivity contribution in [2.75, 3.05) is 25.1 Å². The molecule has 3 nitrogen and oxygen atoms in total. The molecule has 0 amide bonds. The van der Waals surface area contributed by atoms with E-state index in [9.17, 15) is 0 Å². The van der Waals surface area contributed by atoms with Crippen molar-refractivity contribution in [3.8, 4) is 11.5 Å². The van der Waals surface area contributed by atoms with Crippen LogP contribution >= 0.6 is 23.2 Å². The van der Waals surface area contributed by atoms with Crippen LogP contribution in [0.5, 0.6) is 11.5 Å². The maximum atomic E-state index is 6.12. The van der Waals surface area contributed by atoms with Crippen molar-refractivity contribution in [1.29, 1.82) is 0 Å². The van der Waals surface area contributed by atoms with E-state index in [0.717, 1.165) is 24.3 Å². The highest BCUT2D eigenvalue weighted by atomic mass is 35.5. The third-order valence-corrected chi connectivity index (χ3v) is 4.70. The molecule has 5 heteroatoms. The van der Waals surface area contributed by atoms with Crippen LogP contribution in [-0.4, -0.2) is 19.8 Å². The predicted molar refractivity (Wildman–Crippen MR) is 117 cm³/mol. The van der Waals surface area contributed by atoms with Crippen LogP contribution in [0, 0.1) is 0 Å². The molecule has 0 atom stereocenters. The topological polar surface area (TPSA) is 30.5 Å². The van der Waals surface area contributed by atoms with Gasteiger partial charge in [0.1, 0.15) is 18.1 Å². The summed E-state index contributed by atoms with van der Waals surface area (Å²) < 4.78 is 11.7. The number of hydrogen-bond acceptors (Lipinski definition) is 3. The summed E-state index contributed by atoms with van der Waals surface area (Å²) in [5.41, 5.74) is 2.28. The number of hydrogen-bond donors (Lipinski definition) is 1. The number of ether oxygens (including phenoxy) is 2. The van der Waals surface area contributed by atoms with E-state index in [1.54, 1.807) is 18.2 Å². The summed E-state index contributed by atoms with van der Waals surface area (Å²) in [6, 6.07) is 23.6. The first-order chi connectivity index (χ1) is 13.7. The molecule has 146 valence electrons. The second kappa shape index (κ2) is 10.8. The van der Waals surface area contributed by atoms with Crippen LogP contribution in [0.15, 0.2) is 72.8 Å². The Bertz CT molecular complexity index is 871. The van der Waals surface area contributed by atoms with Crippen LogP contribution in [0.25, 0.3) is 0 Å². The van der Waals surface area contributed by atoms with Gasteiger partial charge in [-0.2, -0.15) is 0 Å². The molecule has 1 N–H and O–H groups in total. The maximum Gasteiger partial charge on any atom is 0.142 e. The first-order valence-electron chi connectivity index (χ1n) is 9.30. The molecule has 0 aliphatic carbocycles. The van der Waals surface area contributed by atoms with Crippen molar-refractivity contribution in [2.45, 2.75) is 12.8 Å². The quantitative estimate of drug-likeness (QED) is 0.383. The Balaban J connectivity index is 1.43. The highest BCUT2D eigenvalue weighted by Crippen LogP contribution is 2.28. The van der Waals surface area contributed by atoms with Crippen LogP contribution in [-0.2, 0) is 6.42 Å². The first-order valence-corrected chi connectivity index (χ1v) is 10.1. The minimum atomic E-state index is 0.476. The van der Waals surface area contributed by atoms with Crippen molar-refractivity contribution in [1.82, 2.24) is 0 Å². The molecule has 3 rings (SSSR count). The van der Waals surface area contributed by atoms with Gasteiger partial charge in [-0.15, -0.1) is 0 Å². The van der Waals surface area contributed by atoms with E-state index < -0.39 is 0 Å². The lowest BCUT2D eigenvalue weighted by Gasteiger charge is -2.14. The zero-order chi connectivity index (χ0) is 19.6. The Hall–Kier alpha value is -2.36. The molecule has 0 bridgehead atoms. The van der Waals surface area contributed by atoms with Crippen LogP contribution in [0.3, 0.4) is 0 Å². The first kappa shape index (κ1) is 20.4. The second-order valence-corrected chi connectivity index (χ2v) is 7.13. The highest BCUT2D eigenvalue weighted by molar-refractivity contribution is 6.35. The zero-order valence-electron chi connectivity index (χ0n) is 15.5. The molecule has 0 saturated carbocycles. The Morgan fingerprint density at radius 1 is 0.750 bits per heavy atom. The largest absolute Gasteiger partial charge is 0.491 e. The number of para-hydroxylation sites is 2. The van der Waals surface area contributed by atoms with Crippen LogP contribution < -0.4 is 14.8 Å². The molecule has 3 aromatic carbocycles. The fourth-order valence-corrected chi connectivity index (χ4v) is 3.24. The van der Waals surface area contributed by atoms with Gasteiger partial charge in [0, 0.05) is 11.6 Å². The fraction of sp³-hybridized carbons (Fsp3) is 0.217. The summed E-state index contributed by atoms with van der Waals surface area (Å²) in [6.45, 7) is 1.78. The van der Waals surface area contributed by atoms with E-state index in [0.29, 0.717) is 35.6 Å². The highest BCUT2D eigenvalue weighted by Gasteiger charge is 2.05. The third-order valence-electron chi connectivity index (χ3n) is 4.17. The van der Waals surface area contributed by atoms with E-state index >= 15 is 0 Å². The van der Waals surface area contributed by atoms with Crippen molar-refractivity contribution in [3.05, 3.63) is 88.4 Å². The van der Waals surface area contributed by atoms with Gasteiger partial charge in [0.25, 0.3) is 0 Å². The van der Waals surface area contributed by atoms with Gasteiger partial charge in [-0.25, -0.2) is 0 Å².